The molecule has 5 aromatic carbocycles. The third-order valence-electron chi connectivity index (χ3n) is 11.6. The summed E-state index contributed by atoms with van der Waals surface area (Å²) in [4.78, 5) is 2.63. The van der Waals surface area contributed by atoms with Crippen LogP contribution in [0, 0.1) is 0 Å². The van der Waals surface area contributed by atoms with Gasteiger partial charge >= 0.3 is 0 Å². The summed E-state index contributed by atoms with van der Waals surface area (Å²) in [6.07, 6.45) is 12.5. The Morgan fingerprint density at radius 3 is 2.10 bits per heavy atom. The molecule has 1 nitrogen and oxygen atoms in total. The first-order chi connectivity index (χ1) is 24.2. The van der Waals surface area contributed by atoms with E-state index < -0.39 is 0 Å². The molecule has 0 fully saturated rings. The van der Waals surface area contributed by atoms with Gasteiger partial charge in [-0.15, -0.1) is 0 Å². The zero-order chi connectivity index (χ0) is 34.7. The smallest absolute Gasteiger partial charge is 0.0646 e. The minimum absolute atomic E-state index is 0.104. The number of anilines is 2. The molecule has 2 unspecified atom stereocenters. The number of allylic oxidation sites excluding steroid dienone is 7. The molecule has 0 saturated heterocycles. The van der Waals surface area contributed by atoms with Crippen molar-refractivity contribution in [2.75, 3.05) is 4.90 Å². The maximum absolute atomic E-state index is 4.12. The number of rotatable bonds is 7. The molecular weight excluding hydrogens is 603 g/mol. The molecular formula is C49H45N. The molecule has 3 aliphatic rings. The Labute approximate surface area is 298 Å². The number of hydrogen-bond acceptors (Lipinski definition) is 1. The summed E-state index contributed by atoms with van der Waals surface area (Å²) in [6.45, 7) is 15.9. The Morgan fingerprint density at radius 2 is 1.36 bits per heavy atom. The SMILES string of the molecule is C=C/C=C(\C)C1(c2ccccc2)C(C)=CC2=CCC(C)(N(c3ccc4c(c3)C(C)(C)c3ccccc3-4)c3ccccc3-c3ccccc3)C=C21. The fourth-order valence-corrected chi connectivity index (χ4v) is 9.25. The third kappa shape index (κ3) is 4.67. The zero-order valence-corrected chi connectivity index (χ0v) is 29.9. The molecule has 0 radical (unpaired) electrons. The van der Waals surface area contributed by atoms with Crippen LogP contribution in [0.5, 0.6) is 0 Å². The quantitative estimate of drug-likeness (QED) is 0.159. The van der Waals surface area contributed by atoms with Crippen LogP contribution in [0.25, 0.3) is 22.3 Å². The number of hydrogen-bond donors (Lipinski definition) is 0. The lowest BCUT2D eigenvalue weighted by molar-refractivity contribution is 0.552. The van der Waals surface area contributed by atoms with Crippen molar-refractivity contribution in [1.29, 1.82) is 0 Å². The summed E-state index contributed by atoms with van der Waals surface area (Å²) in [7, 11) is 0. The Bertz CT molecular complexity index is 2260. The lowest BCUT2D eigenvalue weighted by Gasteiger charge is -2.46. The summed E-state index contributed by atoms with van der Waals surface area (Å²) < 4.78 is 0. The summed E-state index contributed by atoms with van der Waals surface area (Å²) in [5.41, 5.74) is 16.0. The number of fused-ring (bicyclic) bond motifs is 4. The lowest BCUT2D eigenvalue weighted by Crippen LogP contribution is -2.45. The highest BCUT2D eigenvalue weighted by molar-refractivity contribution is 5.88. The zero-order valence-electron chi connectivity index (χ0n) is 29.9. The van der Waals surface area contributed by atoms with Crippen molar-refractivity contribution >= 4 is 11.4 Å². The molecule has 50 heavy (non-hydrogen) atoms. The van der Waals surface area contributed by atoms with Gasteiger partial charge in [-0.3, -0.25) is 0 Å². The minimum atomic E-state index is -0.388. The lowest BCUT2D eigenvalue weighted by atomic mass is 9.64. The Hall–Kier alpha value is -5.40. The summed E-state index contributed by atoms with van der Waals surface area (Å²) in [6, 6.07) is 46.9. The normalized spacial score (nSPS) is 21.7. The Balaban J connectivity index is 1.39. The van der Waals surface area contributed by atoms with Crippen LogP contribution < -0.4 is 4.90 Å². The van der Waals surface area contributed by atoms with Crippen LogP contribution in [0.1, 0.15) is 57.7 Å². The molecule has 246 valence electrons. The van der Waals surface area contributed by atoms with E-state index in [1.54, 1.807) is 0 Å². The van der Waals surface area contributed by atoms with Crippen LogP contribution in [0.2, 0.25) is 0 Å². The van der Waals surface area contributed by atoms with Crippen LogP contribution >= 0.6 is 0 Å². The van der Waals surface area contributed by atoms with Gasteiger partial charge in [0.05, 0.1) is 11.0 Å². The first kappa shape index (κ1) is 31.8. The molecule has 0 aromatic heterocycles. The number of benzene rings is 5. The number of para-hydroxylation sites is 1. The van der Waals surface area contributed by atoms with E-state index in [4.69, 9.17) is 0 Å². The van der Waals surface area contributed by atoms with Gasteiger partial charge < -0.3 is 4.90 Å². The Kier molecular flexibility index (Phi) is 7.57. The van der Waals surface area contributed by atoms with Gasteiger partial charge in [0.15, 0.2) is 0 Å². The van der Waals surface area contributed by atoms with Crippen molar-refractivity contribution in [3.05, 3.63) is 203 Å². The van der Waals surface area contributed by atoms with Crippen molar-refractivity contribution in [1.82, 2.24) is 0 Å². The second kappa shape index (κ2) is 11.9. The highest BCUT2D eigenvalue weighted by Crippen LogP contribution is 2.57. The summed E-state index contributed by atoms with van der Waals surface area (Å²) in [5, 5.41) is 0. The molecule has 5 aromatic rings. The summed E-state index contributed by atoms with van der Waals surface area (Å²) >= 11 is 0. The van der Waals surface area contributed by atoms with E-state index in [-0.39, 0.29) is 16.4 Å². The van der Waals surface area contributed by atoms with E-state index in [2.05, 4.69) is 198 Å². The van der Waals surface area contributed by atoms with Crippen LogP contribution in [0.15, 0.2) is 187 Å². The van der Waals surface area contributed by atoms with E-state index in [1.165, 1.54) is 72.6 Å². The van der Waals surface area contributed by atoms with Crippen LogP contribution in [-0.2, 0) is 10.8 Å². The van der Waals surface area contributed by atoms with Crippen molar-refractivity contribution < 1.29 is 0 Å². The van der Waals surface area contributed by atoms with Crippen LogP contribution in [-0.4, -0.2) is 5.54 Å². The highest BCUT2D eigenvalue weighted by Gasteiger charge is 2.48. The maximum atomic E-state index is 4.12. The van der Waals surface area contributed by atoms with Gasteiger partial charge in [-0.1, -0.05) is 171 Å². The Morgan fingerprint density at radius 1 is 0.720 bits per heavy atom. The van der Waals surface area contributed by atoms with Crippen molar-refractivity contribution in [2.45, 2.75) is 57.4 Å². The van der Waals surface area contributed by atoms with Gasteiger partial charge in [-0.2, -0.15) is 0 Å². The summed E-state index contributed by atoms with van der Waals surface area (Å²) in [5.74, 6) is 0. The fourth-order valence-electron chi connectivity index (χ4n) is 9.25. The molecule has 0 saturated carbocycles. The van der Waals surface area contributed by atoms with Crippen molar-refractivity contribution in [3.63, 3.8) is 0 Å². The minimum Gasteiger partial charge on any atom is -0.331 e. The van der Waals surface area contributed by atoms with Crippen LogP contribution in [0.3, 0.4) is 0 Å². The van der Waals surface area contributed by atoms with E-state index in [0.717, 1.165) is 6.42 Å². The topological polar surface area (TPSA) is 3.24 Å². The van der Waals surface area contributed by atoms with E-state index in [1.807, 2.05) is 6.08 Å². The van der Waals surface area contributed by atoms with Gasteiger partial charge in [-0.25, -0.2) is 0 Å². The average molecular weight is 648 g/mol. The molecule has 0 amide bonds. The molecule has 2 atom stereocenters. The fraction of sp³-hybridized carbons (Fsp3) is 0.184. The van der Waals surface area contributed by atoms with Gasteiger partial charge in [0.1, 0.15) is 0 Å². The second-order valence-corrected chi connectivity index (χ2v) is 14.9. The van der Waals surface area contributed by atoms with Crippen molar-refractivity contribution in [2.24, 2.45) is 0 Å². The molecule has 0 spiro atoms. The molecule has 0 bridgehead atoms. The highest BCUT2D eigenvalue weighted by atomic mass is 15.2. The molecule has 0 aliphatic heterocycles. The molecule has 3 aliphatic carbocycles. The van der Waals surface area contributed by atoms with Crippen molar-refractivity contribution in [3.8, 4) is 22.3 Å². The second-order valence-electron chi connectivity index (χ2n) is 14.9. The van der Waals surface area contributed by atoms with Gasteiger partial charge in [0, 0.05) is 22.4 Å². The monoisotopic (exact) mass is 647 g/mol. The van der Waals surface area contributed by atoms with Crippen LogP contribution in [0.4, 0.5) is 11.4 Å². The predicted molar refractivity (Wildman–Crippen MR) is 213 cm³/mol. The largest absolute Gasteiger partial charge is 0.331 e. The first-order valence-corrected chi connectivity index (χ1v) is 17.9. The molecule has 0 N–H and O–H groups in total. The molecule has 0 heterocycles. The van der Waals surface area contributed by atoms with Gasteiger partial charge in [0.25, 0.3) is 0 Å². The van der Waals surface area contributed by atoms with E-state index >= 15 is 0 Å². The maximum Gasteiger partial charge on any atom is 0.0646 e. The van der Waals surface area contributed by atoms with Gasteiger partial charge in [0.2, 0.25) is 0 Å². The van der Waals surface area contributed by atoms with E-state index in [0.29, 0.717) is 0 Å². The first-order valence-electron chi connectivity index (χ1n) is 17.9. The van der Waals surface area contributed by atoms with Gasteiger partial charge in [-0.05, 0) is 89.9 Å². The number of nitrogens with zero attached hydrogens (tertiary/aromatic N) is 1. The average Bonchev–Trinajstić information content (AvgIpc) is 3.55. The molecule has 1 heteroatoms. The third-order valence-corrected chi connectivity index (χ3v) is 11.6. The molecule has 8 rings (SSSR count). The predicted octanol–water partition coefficient (Wildman–Crippen LogP) is 12.8. The van der Waals surface area contributed by atoms with E-state index in [9.17, 15) is 0 Å². The standard InChI is InChI=1S/C49H45N/c1-7-18-34(2)49(38-21-12-9-13-22-38)35(3)31-37-29-30-48(6,33-45(37)49)50(46-26-17-15-23-40(46)36-19-10-8-11-20-36)39-27-28-42-41-24-14-16-25-43(41)47(4,5)44(42)32-39/h7-29,31-33H,1,30H2,2-6H3/b34-18+.